The number of hydrogen-bond acceptors (Lipinski definition) is 7. The molecule has 0 radical (unpaired) electrons. The molecule has 0 heterocycles. The second-order valence-corrected chi connectivity index (χ2v) is 28.4. The third kappa shape index (κ3) is 78.8. The number of unbranched alkanes of at least 4 members (excludes halogenated alkanes) is 38. The van der Waals surface area contributed by atoms with Crippen molar-refractivity contribution in [2.24, 2.45) is 0 Å². The summed E-state index contributed by atoms with van der Waals surface area (Å²) < 4.78 is 23.0. The zero-order valence-electron chi connectivity index (χ0n) is 64.4. The Hall–Kier alpha value is -4.57. The fourth-order valence-corrected chi connectivity index (χ4v) is 11.5. The Balaban J connectivity index is 4.10. The molecule has 0 spiro atoms. The largest absolute Gasteiger partial charge is 0.477 e. The van der Waals surface area contributed by atoms with E-state index in [1.165, 1.54) is 199 Å². The van der Waals surface area contributed by atoms with Crippen LogP contribution in [0.1, 0.15) is 354 Å². The molecule has 2 unspecified atom stereocenters. The summed E-state index contributed by atoms with van der Waals surface area (Å²) in [5, 5.41) is 9.77. The van der Waals surface area contributed by atoms with Gasteiger partial charge in [-0.1, -0.05) is 379 Å². The lowest BCUT2D eigenvalue weighted by molar-refractivity contribution is -0.870. The number of nitrogens with zero attached hydrogens (tertiary/aromatic N) is 1. The average molecular weight is 1370 g/mol. The van der Waals surface area contributed by atoms with Crippen molar-refractivity contribution >= 4 is 17.9 Å². The molecular weight excluding hydrogens is 1210 g/mol. The molecule has 98 heavy (non-hydrogen) atoms. The normalized spacial score (nSPS) is 13.4. The summed E-state index contributed by atoms with van der Waals surface area (Å²) in [7, 11) is 5.97. The number of hydrogen-bond donors (Lipinski definition) is 1. The summed E-state index contributed by atoms with van der Waals surface area (Å²) in [6, 6.07) is 0. The summed E-state index contributed by atoms with van der Waals surface area (Å²) in [5.41, 5.74) is 0. The fourth-order valence-electron chi connectivity index (χ4n) is 11.5. The molecule has 0 aliphatic heterocycles. The molecule has 0 aromatic rings. The Morgan fingerprint density at radius 1 is 0.316 bits per heavy atom. The van der Waals surface area contributed by atoms with E-state index in [0.29, 0.717) is 23.9 Å². The van der Waals surface area contributed by atoms with Gasteiger partial charge in [0, 0.05) is 12.8 Å². The van der Waals surface area contributed by atoms with Crippen molar-refractivity contribution in [1.82, 2.24) is 0 Å². The van der Waals surface area contributed by atoms with Crippen LogP contribution in [0, 0.1) is 0 Å². The number of ether oxygens (including phenoxy) is 4. The predicted octanol–water partition coefficient (Wildman–Crippen LogP) is 26.4. The first kappa shape index (κ1) is 93.4. The van der Waals surface area contributed by atoms with Gasteiger partial charge < -0.3 is 28.5 Å². The van der Waals surface area contributed by atoms with Gasteiger partial charge in [-0.3, -0.25) is 9.59 Å². The number of aliphatic carboxylic acids is 1. The Bertz CT molecular complexity index is 2080. The van der Waals surface area contributed by atoms with Crippen LogP contribution in [0.25, 0.3) is 0 Å². The molecule has 0 rings (SSSR count). The quantitative estimate of drug-likeness (QED) is 0.0211. The molecule has 0 saturated carbocycles. The van der Waals surface area contributed by atoms with Crippen LogP contribution in [-0.4, -0.2) is 87.4 Å². The summed E-state index contributed by atoms with van der Waals surface area (Å²) in [6.07, 6.45) is 110. The molecule has 562 valence electrons. The van der Waals surface area contributed by atoms with Crippen LogP contribution in [0.15, 0.2) is 134 Å². The van der Waals surface area contributed by atoms with Crippen LogP contribution in [-0.2, 0) is 33.3 Å². The number of quaternary nitrogens is 1. The lowest BCUT2D eigenvalue weighted by atomic mass is 10.0. The molecule has 0 saturated heterocycles. The number of carboxylic acids is 1. The topological polar surface area (TPSA) is 108 Å². The Morgan fingerprint density at radius 3 is 0.867 bits per heavy atom. The van der Waals surface area contributed by atoms with E-state index in [9.17, 15) is 19.5 Å². The molecule has 2 atom stereocenters. The van der Waals surface area contributed by atoms with Crippen LogP contribution >= 0.6 is 0 Å². The first-order chi connectivity index (χ1) is 48.1. The molecule has 0 aliphatic rings. The van der Waals surface area contributed by atoms with Gasteiger partial charge in [-0.25, -0.2) is 4.79 Å². The van der Waals surface area contributed by atoms with E-state index in [1.807, 2.05) is 21.1 Å². The molecule has 0 bridgehead atoms. The highest BCUT2D eigenvalue weighted by Crippen LogP contribution is 2.19. The van der Waals surface area contributed by atoms with Gasteiger partial charge >= 0.3 is 17.9 Å². The van der Waals surface area contributed by atoms with Crippen molar-refractivity contribution in [2.45, 2.75) is 367 Å². The van der Waals surface area contributed by atoms with Crippen molar-refractivity contribution in [3.8, 4) is 0 Å². The first-order valence-electron chi connectivity index (χ1n) is 40.8. The van der Waals surface area contributed by atoms with Crippen LogP contribution in [0.3, 0.4) is 0 Å². The SMILES string of the molecule is CC/C=C\C/C=C\C/C=C\C/C=C\C/C=C\C/C=C\C/C=C\C/C=C\C/C=C\C/C=C\C/C=C\CCCCCCCC(=O)OC(COC(=O)CCCCCCCCCCCCCCCCCCCCCCCCCCCCCCCCCCCC)COC(OCC[N+](C)(C)C)C(=O)O. The van der Waals surface area contributed by atoms with Crippen molar-refractivity contribution in [1.29, 1.82) is 0 Å². The Morgan fingerprint density at radius 2 is 0.582 bits per heavy atom. The smallest absolute Gasteiger partial charge is 0.361 e. The number of likely N-dealkylation sites (N-methyl/N-ethyl adjacent to an activating group) is 1. The third-order valence-electron chi connectivity index (χ3n) is 17.7. The molecule has 0 amide bonds. The fraction of sp³-hybridized carbons (Fsp3) is 0.719. The van der Waals surface area contributed by atoms with Gasteiger partial charge in [-0.2, -0.15) is 0 Å². The maximum absolute atomic E-state index is 13.0. The first-order valence-corrected chi connectivity index (χ1v) is 40.8. The number of carboxylic acid groups (broad SMARTS) is 1. The van der Waals surface area contributed by atoms with Gasteiger partial charge in [0.15, 0.2) is 6.10 Å². The van der Waals surface area contributed by atoms with E-state index in [-0.39, 0.29) is 32.2 Å². The van der Waals surface area contributed by atoms with Crippen molar-refractivity contribution in [3.05, 3.63) is 134 Å². The van der Waals surface area contributed by atoms with E-state index >= 15 is 0 Å². The van der Waals surface area contributed by atoms with Gasteiger partial charge in [0.1, 0.15) is 13.2 Å². The Kier molecular flexibility index (Phi) is 74.5. The van der Waals surface area contributed by atoms with Crippen LogP contribution in [0.2, 0.25) is 0 Å². The highest BCUT2D eigenvalue weighted by atomic mass is 16.7. The van der Waals surface area contributed by atoms with E-state index in [0.717, 1.165) is 122 Å². The standard InChI is InChI=1S/C89H153NO8/c1-6-8-10-12-14-16-18-20-22-24-26-28-30-32-34-36-38-40-42-43-44-45-46-48-50-52-54-56-58-60-62-64-66-68-70-72-74-76-78-80-87(92)98-85(84-97-89(88(93)94)95-82-81-90(3,4)5)83-96-86(91)79-77-75-73-71-69-67-65-63-61-59-57-55-53-51-49-47-41-39-37-35-33-31-29-27-25-23-21-19-17-15-13-11-9-7-2/h8,10,14,16,20,22,26,28,32,34,38,40,43-44,46,48,52,54,58,60,64,66,85,89H,6-7,9,11-13,15,17-19,21,23-25,27,29-31,33,35-37,39,41-42,45,47,49-51,53,55-57,59,61-63,65,67-84H2,1-5H3/p+1/b10-8-,16-14-,22-20-,28-26-,34-32-,40-38-,44-43-,48-46-,54-52-,60-58-,66-64-. The third-order valence-corrected chi connectivity index (χ3v) is 17.7. The predicted molar refractivity (Wildman–Crippen MR) is 424 cm³/mol. The molecule has 0 aliphatic carbocycles. The van der Waals surface area contributed by atoms with Gasteiger partial charge in [0.25, 0.3) is 6.29 Å². The van der Waals surface area contributed by atoms with E-state index in [1.54, 1.807) is 0 Å². The highest BCUT2D eigenvalue weighted by Gasteiger charge is 2.25. The van der Waals surface area contributed by atoms with Crippen LogP contribution in [0.4, 0.5) is 0 Å². The van der Waals surface area contributed by atoms with Crippen molar-refractivity contribution < 1.29 is 42.9 Å². The number of rotatable bonds is 75. The minimum atomic E-state index is -1.52. The second kappa shape index (κ2) is 78.2. The number of carbonyl (C=O) groups is 3. The minimum absolute atomic E-state index is 0.179. The van der Waals surface area contributed by atoms with Gasteiger partial charge in [0.2, 0.25) is 0 Å². The van der Waals surface area contributed by atoms with Crippen LogP contribution in [0.5, 0.6) is 0 Å². The monoisotopic (exact) mass is 1370 g/mol. The Labute approximate surface area is 605 Å². The summed E-state index contributed by atoms with van der Waals surface area (Å²) >= 11 is 0. The van der Waals surface area contributed by atoms with E-state index in [2.05, 4.69) is 148 Å². The lowest BCUT2D eigenvalue weighted by Gasteiger charge is -2.25. The van der Waals surface area contributed by atoms with Crippen molar-refractivity contribution in [3.63, 3.8) is 0 Å². The number of esters is 2. The van der Waals surface area contributed by atoms with Gasteiger partial charge in [0.05, 0.1) is 34.4 Å². The molecule has 9 nitrogen and oxygen atoms in total. The summed E-state index contributed by atoms with van der Waals surface area (Å²) in [6.45, 7) is 4.77. The van der Waals surface area contributed by atoms with Gasteiger partial charge in [-0.05, 0) is 96.3 Å². The minimum Gasteiger partial charge on any atom is -0.477 e. The molecule has 9 heteroatoms. The van der Waals surface area contributed by atoms with Crippen molar-refractivity contribution in [2.75, 3.05) is 47.5 Å². The molecule has 0 aromatic heterocycles. The summed E-state index contributed by atoms with van der Waals surface area (Å²) in [5.74, 6) is -2.03. The molecule has 1 N–H and O–H groups in total. The maximum Gasteiger partial charge on any atom is 0.361 e. The number of allylic oxidation sites excluding steroid dienone is 22. The summed E-state index contributed by atoms with van der Waals surface area (Å²) in [4.78, 5) is 37.7. The highest BCUT2D eigenvalue weighted by molar-refractivity contribution is 5.71. The van der Waals surface area contributed by atoms with Gasteiger partial charge in [-0.15, -0.1) is 0 Å². The maximum atomic E-state index is 13.0. The lowest BCUT2D eigenvalue weighted by Crippen LogP contribution is -2.40. The zero-order chi connectivity index (χ0) is 71.1. The number of carbonyl (C=O) groups excluding carboxylic acids is 2. The second-order valence-electron chi connectivity index (χ2n) is 28.4. The molecular formula is C89H154NO8+. The van der Waals surface area contributed by atoms with Crippen LogP contribution < -0.4 is 0 Å². The molecule has 0 aromatic carbocycles. The zero-order valence-corrected chi connectivity index (χ0v) is 64.4. The van der Waals surface area contributed by atoms with E-state index < -0.39 is 24.3 Å². The molecule has 0 fully saturated rings. The average Bonchev–Trinajstić information content (AvgIpc) is 1.38. The van der Waals surface area contributed by atoms with E-state index in [4.69, 9.17) is 18.9 Å².